The number of carbonyl (C=O) groups excluding carboxylic acids is 1. The summed E-state index contributed by atoms with van der Waals surface area (Å²) in [6.45, 7) is 6.04. The summed E-state index contributed by atoms with van der Waals surface area (Å²) in [5.74, 6) is 0.421. The molecule has 2 aromatic heterocycles. The van der Waals surface area contributed by atoms with Gasteiger partial charge in [-0.2, -0.15) is 9.78 Å². The second-order valence-electron chi connectivity index (χ2n) is 5.08. The van der Waals surface area contributed by atoms with E-state index < -0.39 is 0 Å². The molecule has 0 radical (unpaired) electrons. The molecule has 2 aromatic rings. The van der Waals surface area contributed by atoms with Gasteiger partial charge in [0.15, 0.2) is 0 Å². The molecule has 2 heterocycles. The lowest BCUT2D eigenvalue weighted by Gasteiger charge is -2.09. The van der Waals surface area contributed by atoms with E-state index in [1.54, 1.807) is 13.0 Å². The third-order valence-corrected chi connectivity index (χ3v) is 3.03. The largest absolute Gasteiger partial charge is 0.372 e. The van der Waals surface area contributed by atoms with Gasteiger partial charge in [-0.15, -0.1) is 0 Å². The highest BCUT2D eigenvalue weighted by molar-refractivity contribution is 5.91. The molecule has 8 heteroatoms. The summed E-state index contributed by atoms with van der Waals surface area (Å²) in [6, 6.07) is 3.17. The van der Waals surface area contributed by atoms with Gasteiger partial charge in [0.2, 0.25) is 5.95 Å². The third kappa shape index (κ3) is 4.49. The van der Waals surface area contributed by atoms with E-state index in [4.69, 9.17) is 4.74 Å². The van der Waals surface area contributed by atoms with Crippen molar-refractivity contribution in [3.8, 4) is 5.95 Å². The fraction of sp³-hybridized carbons (Fsp3) is 0.467. The maximum Gasteiger partial charge on any atom is 0.252 e. The molecule has 0 saturated heterocycles. The molecule has 0 fully saturated rings. The van der Waals surface area contributed by atoms with Crippen molar-refractivity contribution in [3.63, 3.8) is 0 Å². The van der Waals surface area contributed by atoms with Crippen molar-refractivity contribution < 1.29 is 9.53 Å². The summed E-state index contributed by atoms with van der Waals surface area (Å²) in [7, 11) is 0. The van der Waals surface area contributed by atoms with Crippen molar-refractivity contribution in [2.45, 2.75) is 33.6 Å². The van der Waals surface area contributed by atoms with E-state index in [1.165, 1.54) is 10.7 Å². The predicted molar refractivity (Wildman–Crippen MR) is 85.8 cm³/mol. The summed E-state index contributed by atoms with van der Waals surface area (Å²) in [5.41, 5.74) is 1.13. The van der Waals surface area contributed by atoms with Crippen LogP contribution in [0.25, 0.3) is 5.95 Å². The zero-order valence-corrected chi connectivity index (χ0v) is 13.5. The maximum absolute atomic E-state index is 11.8. The van der Waals surface area contributed by atoms with Crippen LogP contribution in [0.4, 0.5) is 5.82 Å². The minimum atomic E-state index is -0.292. The summed E-state index contributed by atoms with van der Waals surface area (Å²) in [4.78, 5) is 30.7. The Balaban J connectivity index is 2.33. The van der Waals surface area contributed by atoms with Gasteiger partial charge < -0.3 is 10.1 Å². The molecule has 2 rings (SSSR count). The highest BCUT2D eigenvalue weighted by atomic mass is 16.5. The number of carbonyl (C=O) groups is 1. The predicted octanol–water partition coefficient (Wildman–Crippen LogP) is 1.19. The van der Waals surface area contributed by atoms with Gasteiger partial charge in [0.05, 0.1) is 5.69 Å². The number of rotatable bonds is 7. The van der Waals surface area contributed by atoms with Crippen LogP contribution in [-0.4, -0.2) is 38.9 Å². The fourth-order valence-electron chi connectivity index (χ4n) is 2.10. The van der Waals surface area contributed by atoms with Gasteiger partial charge in [0.1, 0.15) is 12.4 Å². The molecule has 0 unspecified atom stereocenters. The number of H-pyrrole nitrogens is 1. The van der Waals surface area contributed by atoms with Crippen LogP contribution in [0.5, 0.6) is 0 Å². The molecule has 0 aromatic carbocycles. The Hall–Kier alpha value is -2.48. The van der Waals surface area contributed by atoms with Crippen molar-refractivity contribution in [1.29, 1.82) is 0 Å². The summed E-state index contributed by atoms with van der Waals surface area (Å²) >= 11 is 0. The Bertz CT molecular complexity index is 735. The van der Waals surface area contributed by atoms with Crippen LogP contribution in [0.3, 0.4) is 0 Å². The minimum absolute atomic E-state index is 0.0411. The van der Waals surface area contributed by atoms with Crippen LogP contribution >= 0.6 is 0 Å². The summed E-state index contributed by atoms with van der Waals surface area (Å²) in [5, 5.41) is 7.00. The maximum atomic E-state index is 11.8. The standard InChI is InChI=1S/C15H21N5O3/c1-4-6-11-8-13(21)18-15(16-11)20-12(7-10(3)19-20)17-14(22)9-23-5-2/h7-8H,4-6,9H2,1-3H3,(H,17,22)(H,16,18,21). The van der Waals surface area contributed by atoms with E-state index >= 15 is 0 Å². The molecule has 8 nitrogen and oxygen atoms in total. The number of aryl methyl sites for hydroxylation is 2. The molecule has 0 atom stereocenters. The van der Waals surface area contributed by atoms with Gasteiger partial charge in [-0.3, -0.25) is 14.6 Å². The first kappa shape index (κ1) is 16.9. The van der Waals surface area contributed by atoms with E-state index in [0.717, 1.165) is 6.42 Å². The molecule has 2 N–H and O–H groups in total. The fourth-order valence-corrected chi connectivity index (χ4v) is 2.10. The van der Waals surface area contributed by atoms with Crippen LogP contribution in [0, 0.1) is 6.92 Å². The van der Waals surface area contributed by atoms with Crippen molar-refractivity contribution >= 4 is 11.7 Å². The SMILES string of the molecule is CCCc1cc(=O)[nH]c(-n2nc(C)cc2NC(=O)COCC)n1. The first-order valence-electron chi connectivity index (χ1n) is 7.58. The molecule has 0 aliphatic heterocycles. The van der Waals surface area contributed by atoms with Gasteiger partial charge in [-0.25, -0.2) is 4.98 Å². The van der Waals surface area contributed by atoms with E-state index in [9.17, 15) is 9.59 Å². The Morgan fingerprint density at radius 2 is 2.17 bits per heavy atom. The van der Waals surface area contributed by atoms with Gasteiger partial charge in [0, 0.05) is 24.4 Å². The van der Waals surface area contributed by atoms with Crippen molar-refractivity contribution in [3.05, 3.63) is 33.9 Å². The smallest absolute Gasteiger partial charge is 0.252 e. The van der Waals surface area contributed by atoms with Crippen LogP contribution in [-0.2, 0) is 16.0 Å². The lowest BCUT2D eigenvalue weighted by Crippen LogP contribution is -2.22. The first-order valence-corrected chi connectivity index (χ1v) is 7.58. The monoisotopic (exact) mass is 319 g/mol. The van der Waals surface area contributed by atoms with Crippen molar-refractivity contribution in [1.82, 2.24) is 19.7 Å². The Labute approximate surface area is 133 Å². The molecule has 124 valence electrons. The van der Waals surface area contributed by atoms with Gasteiger partial charge in [-0.05, 0) is 20.3 Å². The molecule has 0 spiro atoms. The number of anilines is 1. The van der Waals surface area contributed by atoms with Gasteiger partial charge in [-0.1, -0.05) is 13.3 Å². The number of hydrogen-bond donors (Lipinski definition) is 2. The molecule has 0 aliphatic carbocycles. The Morgan fingerprint density at radius 1 is 1.39 bits per heavy atom. The zero-order chi connectivity index (χ0) is 16.8. The lowest BCUT2D eigenvalue weighted by atomic mass is 10.2. The van der Waals surface area contributed by atoms with Gasteiger partial charge >= 0.3 is 0 Å². The number of aromatic nitrogens is 4. The normalized spacial score (nSPS) is 10.7. The van der Waals surface area contributed by atoms with E-state index in [0.29, 0.717) is 30.2 Å². The van der Waals surface area contributed by atoms with Crippen LogP contribution in [0.15, 0.2) is 16.9 Å². The van der Waals surface area contributed by atoms with E-state index in [1.807, 2.05) is 13.8 Å². The van der Waals surface area contributed by atoms with Crippen molar-refractivity contribution in [2.24, 2.45) is 0 Å². The average Bonchev–Trinajstić information content (AvgIpc) is 2.85. The van der Waals surface area contributed by atoms with Crippen LogP contribution in [0.1, 0.15) is 31.7 Å². The molecular formula is C15H21N5O3. The molecule has 0 saturated carbocycles. The Kier molecular flexibility index (Phi) is 5.64. The van der Waals surface area contributed by atoms with Gasteiger partial charge in [0.25, 0.3) is 11.5 Å². The zero-order valence-electron chi connectivity index (χ0n) is 13.5. The first-order chi connectivity index (χ1) is 11.0. The molecule has 23 heavy (non-hydrogen) atoms. The minimum Gasteiger partial charge on any atom is -0.372 e. The summed E-state index contributed by atoms with van der Waals surface area (Å²) < 4.78 is 6.49. The topological polar surface area (TPSA) is 102 Å². The molecular weight excluding hydrogens is 298 g/mol. The lowest BCUT2D eigenvalue weighted by molar-refractivity contribution is -0.120. The number of amides is 1. The Morgan fingerprint density at radius 3 is 2.87 bits per heavy atom. The van der Waals surface area contributed by atoms with Crippen LogP contribution in [0.2, 0.25) is 0 Å². The second kappa shape index (κ2) is 7.68. The molecule has 0 aliphatic rings. The highest BCUT2D eigenvalue weighted by Gasteiger charge is 2.13. The quantitative estimate of drug-likeness (QED) is 0.798. The second-order valence-corrected chi connectivity index (χ2v) is 5.08. The van der Waals surface area contributed by atoms with E-state index in [-0.39, 0.29) is 24.0 Å². The number of hydrogen-bond acceptors (Lipinski definition) is 5. The number of aromatic amines is 1. The van der Waals surface area contributed by atoms with Crippen molar-refractivity contribution in [2.75, 3.05) is 18.5 Å². The molecule has 0 bridgehead atoms. The highest BCUT2D eigenvalue weighted by Crippen LogP contribution is 2.14. The number of ether oxygens (including phenoxy) is 1. The summed E-state index contributed by atoms with van der Waals surface area (Å²) in [6.07, 6.45) is 1.58. The average molecular weight is 319 g/mol. The molecule has 1 amide bonds. The number of nitrogens with zero attached hydrogens (tertiary/aromatic N) is 3. The van der Waals surface area contributed by atoms with Crippen LogP contribution < -0.4 is 10.9 Å². The third-order valence-electron chi connectivity index (χ3n) is 3.03. The van der Waals surface area contributed by atoms with E-state index in [2.05, 4.69) is 20.4 Å². The number of nitrogens with one attached hydrogen (secondary N) is 2.